The van der Waals surface area contributed by atoms with Gasteiger partial charge in [-0.3, -0.25) is 4.21 Å². The van der Waals surface area contributed by atoms with Crippen molar-refractivity contribution in [2.75, 3.05) is 20.4 Å². The summed E-state index contributed by atoms with van der Waals surface area (Å²) in [5, 5.41) is 0. The smallest absolute Gasteiger partial charge is 0.242 e. The molecule has 1 aromatic heterocycles. The van der Waals surface area contributed by atoms with Crippen LogP contribution in [0, 0.1) is 0 Å². The Balaban J connectivity index is 2.16. The molecule has 2 aromatic rings. The lowest BCUT2D eigenvalue weighted by atomic mass is 10.2. The standard InChI is InChI=1S/C15H19N2O3S2/c1-16(2)22(19,20)15-6-4-13(5-7-15)12-17-10-8-14(9-11-17)21(3)18/h4-11H,12H2,1-3H3/q+1. The quantitative estimate of drug-likeness (QED) is 0.764. The summed E-state index contributed by atoms with van der Waals surface area (Å²) in [4.78, 5) is 1.06. The van der Waals surface area contributed by atoms with Crippen molar-refractivity contribution < 1.29 is 17.2 Å². The third-order valence-corrected chi connectivity index (χ3v) is 6.02. The zero-order chi connectivity index (χ0) is 16.3. The van der Waals surface area contributed by atoms with E-state index in [1.54, 1.807) is 30.5 Å². The van der Waals surface area contributed by atoms with Gasteiger partial charge in [-0.2, -0.15) is 0 Å². The molecule has 2 rings (SSSR count). The second-order valence-corrected chi connectivity index (χ2v) is 8.62. The highest BCUT2D eigenvalue weighted by atomic mass is 32.2. The van der Waals surface area contributed by atoms with Gasteiger partial charge in [0.2, 0.25) is 10.0 Å². The molecule has 5 nitrogen and oxygen atoms in total. The van der Waals surface area contributed by atoms with Crippen molar-refractivity contribution in [1.29, 1.82) is 0 Å². The zero-order valence-corrected chi connectivity index (χ0v) is 14.4. The Morgan fingerprint density at radius 2 is 1.59 bits per heavy atom. The van der Waals surface area contributed by atoms with Gasteiger partial charge in [-0.05, 0) is 12.1 Å². The lowest BCUT2D eigenvalue weighted by Crippen LogP contribution is -2.33. The van der Waals surface area contributed by atoms with Gasteiger partial charge in [0.05, 0.1) is 20.6 Å². The molecule has 0 aliphatic carbocycles. The van der Waals surface area contributed by atoms with Crippen molar-refractivity contribution in [3.05, 3.63) is 54.4 Å². The molecule has 1 atom stereocenters. The van der Waals surface area contributed by atoms with Crippen LogP contribution in [0.25, 0.3) is 0 Å². The number of hydrogen-bond donors (Lipinski definition) is 0. The van der Waals surface area contributed by atoms with Gasteiger partial charge in [0.1, 0.15) is 0 Å². The minimum Gasteiger partial charge on any atom is -0.255 e. The highest BCUT2D eigenvalue weighted by Gasteiger charge is 2.16. The Hall–Kier alpha value is -1.57. The second-order valence-electron chi connectivity index (χ2n) is 5.09. The van der Waals surface area contributed by atoms with E-state index in [4.69, 9.17) is 0 Å². The van der Waals surface area contributed by atoms with Gasteiger partial charge in [0.15, 0.2) is 18.9 Å². The first-order valence-corrected chi connectivity index (χ1v) is 9.64. The summed E-state index contributed by atoms with van der Waals surface area (Å²) < 4.78 is 38.5. The molecule has 0 radical (unpaired) electrons. The van der Waals surface area contributed by atoms with E-state index in [-0.39, 0.29) is 4.90 Å². The molecule has 0 aliphatic rings. The van der Waals surface area contributed by atoms with Crippen LogP contribution in [-0.2, 0) is 27.4 Å². The molecule has 1 aromatic carbocycles. The maximum absolute atomic E-state index is 12.0. The van der Waals surface area contributed by atoms with Crippen LogP contribution in [0.15, 0.2) is 58.6 Å². The molecule has 7 heteroatoms. The van der Waals surface area contributed by atoms with Gasteiger partial charge in [-0.25, -0.2) is 17.3 Å². The molecule has 0 saturated heterocycles. The molecule has 0 fully saturated rings. The molecule has 0 saturated carbocycles. The molecule has 0 N–H and O–H groups in total. The summed E-state index contributed by atoms with van der Waals surface area (Å²) in [7, 11) is -1.35. The highest BCUT2D eigenvalue weighted by Crippen LogP contribution is 2.13. The van der Waals surface area contributed by atoms with Crippen molar-refractivity contribution >= 4 is 20.8 Å². The number of aromatic nitrogens is 1. The van der Waals surface area contributed by atoms with E-state index >= 15 is 0 Å². The molecule has 0 aliphatic heterocycles. The molecule has 0 amide bonds. The zero-order valence-electron chi connectivity index (χ0n) is 12.8. The van der Waals surface area contributed by atoms with Crippen LogP contribution in [0.2, 0.25) is 0 Å². The maximum Gasteiger partial charge on any atom is 0.242 e. The summed E-state index contributed by atoms with van der Waals surface area (Å²) in [5.74, 6) is 0. The van der Waals surface area contributed by atoms with Crippen LogP contribution in [0.4, 0.5) is 0 Å². The summed E-state index contributed by atoms with van der Waals surface area (Å²) in [6, 6.07) is 10.5. The fraction of sp³-hybridized carbons (Fsp3) is 0.267. The van der Waals surface area contributed by atoms with Crippen molar-refractivity contribution in [3.63, 3.8) is 0 Å². The average molecular weight is 339 g/mol. The second kappa shape index (κ2) is 6.68. The third kappa shape index (κ3) is 3.79. The maximum atomic E-state index is 12.0. The lowest BCUT2D eigenvalue weighted by Gasteiger charge is -2.11. The van der Waals surface area contributed by atoms with E-state index in [1.807, 2.05) is 29.1 Å². The summed E-state index contributed by atoms with van der Waals surface area (Å²) >= 11 is 0. The van der Waals surface area contributed by atoms with E-state index in [0.717, 1.165) is 10.5 Å². The predicted molar refractivity (Wildman–Crippen MR) is 85.4 cm³/mol. The molecule has 0 spiro atoms. The van der Waals surface area contributed by atoms with Crippen molar-refractivity contribution in [2.24, 2.45) is 0 Å². The van der Waals surface area contributed by atoms with Crippen LogP contribution in [0.3, 0.4) is 0 Å². The number of nitrogens with zero attached hydrogens (tertiary/aromatic N) is 2. The Kier molecular flexibility index (Phi) is 5.10. The van der Waals surface area contributed by atoms with Crippen LogP contribution < -0.4 is 4.57 Å². The largest absolute Gasteiger partial charge is 0.255 e. The third-order valence-electron chi connectivity index (χ3n) is 3.26. The molecule has 1 heterocycles. The highest BCUT2D eigenvalue weighted by molar-refractivity contribution is 7.89. The first kappa shape index (κ1) is 16.8. The normalized spacial score (nSPS) is 13.3. The lowest BCUT2D eigenvalue weighted by molar-refractivity contribution is -0.688. The molecular formula is C15H19N2O3S2+. The van der Waals surface area contributed by atoms with E-state index in [0.29, 0.717) is 6.54 Å². The van der Waals surface area contributed by atoms with Gasteiger partial charge < -0.3 is 0 Å². The van der Waals surface area contributed by atoms with E-state index in [9.17, 15) is 12.6 Å². The first-order valence-electron chi connectivity index (χ1n) is 6.65. The molecule has 118 valence electrons. The van der Waals surface area contributed by atoms with E-state index in [1.165, 1.54) is 18.4 Å². The van der Waals surface area contributed by atoms with Crippen LogP contribution in [-0.4, -0.2) is 37.3 Å². The topological polar surface area (TPSA) is 58.3 Å². The van der Waals surface area contributed by atoms with Crippen LogP contribution in [0.1, 0.15) is 5.56 Å². The Bertz CT molecular complexity index is 767. The number of sulfonamides is 1. The Morgan fingerprint density at radius 3 is 2.05 bits per heavy atom. The fourth-order valence-corrected chi connectivity index (χ4v) is 3.34. The summed E-state index contributed by atoms with van der Waals surface area (Å²) in [5.41, 5.74) is 0.994. The predicted octanol–water partition coefficient (Wildman–Crippen LogP) is 1.01. The monoisotopic (exact) mass is 339 g/mol. The van der Waals surface area contributed by atoms with Crippen molar-refractivity contribution in [1.82, 2.24) is 4.31 Å². The minimum absolute atomic E-state index is 0.281. The van der Waals surface area contributed by atoms with Gasteiger partial charge in [0.25, 0.3) is 0 Å². The molecule has 22 heavy (non-hydrogen) atoms. The van der Waals surface area contributed by atoms with Crippen LogP contribution in [0.5, 0.6) is 0 Å². The minimum atomic E-state index is -3.39. The Labute approximate surface area is 133 Å². The Morgan fingerprint density at radius 1 is 1.05 bits per heavy atom. The average Bonchev–Trinajstić information content (AvgIpc) is 2.48. The van der Waals surface area contributed by atoms with Crippen molar-refractivity contribution in [3.8, 4) is 0 Å². The van der Waals surface area contributed by atoms with Crippen LogP contribution >= 0.6 is 0 Å². The SMILES string of the molecule is CN(C)S(=O)(=O)c1ccc(C[n+]2ccc(S(C)=O)cc2)cc1. The van der Waals surface area contributed by atoms with Gasteiger partial charge in [-0.15, -0.1) is 0 Å². The molecule has 1 unspecified atom stereocenters. The molecule has 0 bridgehead atoms. The number of pyridine rings is 1. The summed E-state index contributed by atoms with van der Waals surface area (Å²) in [6.07, 6.45) is 5.37. The summed E-state index contributed by atoms with van der Waals surface area (Å²) in [6.45, 7) is 0.624. The number of hydrogen-bond acceptors (Lipinski definition) is 3. The van der Waals surface area contributed by atoms with E-state index in [2.05, 4.69) is 0 Å². The van der Waals surface area contributed by atoms with Gasteiger partial charge >= 0.3 is 0 Å². The first-order chi connectivity index (χ1) is 10.3. The van der Waals surface area contributed by atoms with Crippen molar-refractivity contribution in [2.45, 2.75) is 16.3 Å². The van der Waals surface area contributed by atoms with Gasteiger partial charge in [-0.1, -0.05) is 12.1 Å². The van der Waals surface area contributed by atoms with E-state index < -0.39 is 20.8 Å². The number of rotatable bonds is 5. The molecular weight excluding hydrogens is 320 g/mol. The number of benzene rings is 1. The van der Waals surface area contributed by atoms with Gasteiger partial charge in [0, 0.05) is 38.0 Å². The fourth-order valence-electron chi connectivity index (χ4n) is 1.93.